The van der Waals surface area contributed by atoms with Crippen molar-refractivity contribution >= 4 is 17.2 Å². The van der Waals surface area contributed by atoms with Crippen molar-refractivity contribution in [3.8, 4) is 0 Å². The van der Waals surface area contributed by atoms with Crippen molar-refractivity contribution in [2.75, 3.05) is 33.9 Å². The van der Waals surface area contributed by atoms with Gasteiger partial charge in [-0.1, -0.05) is 0 Å². The van der Waals surface area contributed by atoms with Gasteiger partial charge >= 0.3 is 0 Å². The molecule has 0 unspecified atom stereocenters. The summed E-state index contributed by atoms with van der Waals surface area (Å²) in [6.07, 6.45) is 5.89. The van der Waals surface area contributed by atoms with Crippen LogP contribution in [0.25, 0.3) is 0 Å². The number of ether oxygens (including phenoxy) is 2. The van der Waals surface area contributed by atoms with Gasteiger partial charge in [-0.3, -0.25) is 4.79 Å². The maximum Gasteiger partial charge on any atom is 0.263 e. The molecule has 1 aliphatic rings. The number of likely N-dealkylation sites (tertiary alicyclic amines) is 1. The zero-order chi connectivity index (χ0) is 17.6. The number of thiophene rings is 1. The molecule has 2 aromatic heterocycles. The van der Waals surface area contributed by atoms with E-state index >= 15 is 0 Å². The quantitative estimate of drug-likeness (QED) is 0.759. The second-order valence-corrected chi connectivity index (χ2v) is 7.43. The SMILES string of the molecule is COCCn1ccnc1[C@H]1CCCN(C(=O)c2ccc(COC)s2)C1. The Bertz CT molecular complexity index is 697. The van der Waals surface area contributed by atoms with Gasteiger partial charge in [0.1, 0.15) is 5.82 Å². The van der Waals surface area contributed by atoms with E-state index in [0.29, 0.717) is 13.2 Å². The zero-order valence-electron chi connectivity index (χ0n) is 14.8. The molecule has 3 heterocycles. The number of amides is 1. The molecule has 0 saturated carbocycles. The molecule has 1 amide bonds. The van der Waals surface area contributed by atoms with Gasteiger partial charge < -0.3 is 18.9 Å². The Hall–Kier alpha value is -1.70. The molecule has 1 fully saturated rings. The van der Waals surface area contributed by atoms with Crippen LogP contribution >= 0.6 is 11.3 Å². The Morgan fingerprint density at radius 3 is 3.04 bits per heavy atom. The normalized spacial score (nSPS) is 17.8. The van der Waals surface area contributed by atoms with E-state index in [2.05, 4.69) is 9.55 Å². The van der Waals surface area contributed by atoms with E-state index in [1.165, 1.54) is 11.3 Å². The minimum atomic E-state index is 0.118. The van der Waals surface area contributed by atoms with Crippen LogP contribution in [0.15, 0.2) is 24.5 Å². The maximum absolute atomic E-state index is 12.8. The zero-order valence-corrected chi connectivity index (χ0v) is 15.6. The summed E-state index contributed by atoms with van der Waals surface area (Å²) < 4.78 is 12.5. The van der Waals surface area contributed by atoms with Crippen LogP contribution in [0.1, 0.15) is 39.1 Å². The number of rotatable bonds is 7. The van der Waals surface area contributed by atoms with Crippen LogP contribution in [-0.2, 0) is 22.6 Å². The largest absolute Gasteiger partial charge is 0.383 e. The highest BCUT2D eigenvalue weighted by Crippen LogP contribution is 2.28. The molecular weight excluding hydrogens is 338 g/mol. The Kier molecular flexibility index (Phi) is 6.23. The van der Waals surface area contributed by atoms with Crippen LogP contribution in [0.2, 0.25) is 0 Å². The summed E-state index contributed by atoms with van der Waals surface area (Å²) in [6, 6.07) is 3.88. The van der Waals surface area contributed by atoms with E-state index in [1.54, 1.807) is 14.2 Å². The summed E-state index contributed by atoms with van der Waals surface area (Å²) in [5.41, 5.74) is 0. The molecule has 0 bridgehead atoms. The van der Waals surface area contributed by atoms with Gasteiger partial charge in [-0.2, -0.15) is 0 Å². The third-order valence-electron chi connectivity index (χ3n) is 4.52. The minimum Gasteiger partial charge on any atom is -0.383 e. The Morgan fingerprint density at radius 2 is 2.24 bits per heavy atom. The number of aromatic nitrogens is 2. The van der Waals surface area contributed by atoms with Gasteiger partial charge in [0.2, 0.25) is 0 Å². The molecule has 6 nitrogen and oxygen atoms in total. The molecule has 1 saturated heterocycles. The number of piperidine rings is 1. The summed E-state index contributed by atoms with van der Waals surface area (Å²) in [7, 11) is 3.37. The van der Waals surface area contributed by atoms with Gasteiger partial charge in [0.25, 0.3) is 5.91 Å². The first-order valence-corrected chi connectivity index (χ1v) is 9.41. The second-order valence-electron chi connectivity index (χ2n) is 6.26. The summed E-state index contributed by atoms with van der Waals surface area (Å²) in [5, 5.41) is 0. The molecule has 0 aromatic carbocycles. The van der Waals surface area contributed by atoms with Crippen molar-refractivity contribution in [1.82, 2.24) is 14.5 Å². The van der Waals surface area contributed by atoms with E-state index < -0.39 is 0 Å². The molecule has 1 atom stereocenters. The van der Waals surface area contributed by atoms with Gasteiger partial charge in [0, 0.05) is 57.0 Å². The Morgan fingerprint density at radius 1 is 1.36 bits per heavy atom. The van der Waals surface area contributed by atoms with Crippen LogP contribution in [0.4, 0.5) is 0 Å². The summed E-state index contributed by atoms with van der Waals surface area (Å²) in [6.45, 7) is 3.54. The van der Waals surface area contributed by atoms with E-state index in [4.69, 9.17) is 9.47 Å². The second kappa shape index (κ2) is 8.60. The van der Waals surface area contributed by atoms with Crippen LogP contribution in [0.5, 0.6) is 0 Å². The first-order chi connectivity index (χ1) is 12.2. The molecule has 7 heteroatoms. The first-order valence-electron chi connectivity index (χ1n) is 8.59. The lowest BCUT2D eigenvalue weighted by atomic mass is 9.97. The fourth-order valence-corrected chi connectivity index (χ4v) is 4.25. The van der Waals surface area contributed by atoms with E-state index in [1.807, 2.05) is 29.4 Å². The highest BCUT2D eigenvalue weighted by atomic mass is 32.1. The van der Waals surface area contributed by atoms with Gasteiger partial charge in [0.15, 0.2) is 0 Å². The fraction of sp³-hybridized carbons (Fsp3) is 0.556. The highest BCUT2D eigenvalue weighted by molar-refractivity contribution is 7.14. The number of hydrogen-bond acceptors (Lipinski definition) is 5. The number of carbonyl (C=O) groups excluding carboxylic acids is 1. The monoisotopic (exact) mass is 363 g/mol. The van der Waals surface area contributed by atoms with E-state index in [0.717, 1.165) is 48.1 Å². The molecule has 0 aliphatic carbocycles. The fourth-order valence-electron chi connectivity index (χ4n) is 3.30. The summed E-state index contributed by atoms with van der Waals surface area (Å²) in [4.78, 5) is 21.2. The lowest BCUT2D eigenvalue weighted by Gasteiger charge is -2.32. The van der Waals surface area contributed by atoms with Gasteiger partial charge in [-0.05, 0) is 25.0 Å². The van der Waals surface area contributed by atoms with Crippen LogP contribution in [0, 0.1) is 0 Å². The molecule has 1 aliphatic heterocycles. The van der Waals surface area contributed by atoms with Gasteiger partial charge in [0.05, 0.1) is 18.1 Å². The molecule has 0 N–H and O–H groups in total. The van der Waals surface area contributed by atoms with Crippen molar-refractivity contribution in [2.24, 2.45) is 0 Å². The lowest BCUT2D eigenvalue weighted by molar-refractivity contribution is 0.0707. The minimum absolute atomic E-state index is 0.118. The predicted octanol–water partition coefficient (Wildman–Crippen LogP) is 2.76. The van der Waals surface area contributed by atoms with Crippen molar-refractivity contribution in [3.05, 3.63) is 40.1 Å². The topological polar surface area (TPSA) is 56.6 Å². The lowest BCUT2D eigenvalue weighted by Crippen LogP contribution is -2.39. The number of nitrogens with zero attached hydrogens (tertiary/aromatic N) is 3. The standard InChI is InChI=1S/C18H25N3O3S/c1-23-11-10-20-9-7-19-17(20)14-4-3-8-21(12-14)18(22)16-6-5-15(25-16)13-24-2/h5-7,9,14H,3-4,8,10-13H2,1-2H3/t14-/m0/s1. The average Bonchev–Trinajstić information content (AvgIpc) is 3.29. The van der Waals surface area contributed by atoms with Gasteiger partial charge in [-0.25, -0.2) is 4.98 Å². The van der Waals surface area contributed by atoms with Crippen molar-refractivity contribution in [2.45, 2.75) is 31.9 Å². The van der Waals surface area contributed by atoms with Crippen LogP contribution in [0.3, 0.4) is 0 Å². The van der Waals surface area contributed by atoms with Crippen molar-refractivity contribution in [3.63, 3.8) is 0 Å². The predicted molar refractivity (Wildman–Crippen MR) is 97.0 cm³/mol. The third-order valence-corrected chi connectivity index (χ3v) is 5.56. The molecule has 136 valence electrons. The van der Waals surface area contributed by atoms with Crippen LogP contribution in [-0.4, -0.2) is 54.3 Å². The van der Waals surface area contributed by atoms with Crippen molar-refractivity contribution in [1.29, 1.82) is 0 Å². The van der Waals surface area contributed by atoms with Crippen molar-refractivity contribution < 1.29 is 14.3 Å². The smallest absolute Gasteiger partial charge is 0.263 e. The number of methoxy groups -OCH3 is 2. The molecule has 3 rings (SSSR count). The average molecular weight is 363 g/mol. The van der Waals surface area contributed by atoms with E-state index in [9.17, 15) is 4.79 Å². The Balaban J connectivity index is 1.68. The summed E-state index contributed by atoms with van der Waals surface area (Å²) in [5.74, 6) is 1.45. The Labute approximate surface area is 152 Å². The molecule has 0 radical (unpaired) electrons. The molecule has 2 aromatic rings. The third kappa shape index (κ3) is 4.29. The van der Waals surface area contributed by atoms with E-state index in [-0.39, 0.29) is 11.8 Å². The maximum atomic E-state index is 12.8. The molecular formula is C18H25N3O3S. The number of carbonyl (C=O) groups is 1. The van der Waals surface area contributed by atoms with Gasteiger partial charge in [-0.15, -0.1) is 11.3 Å². The number of hydrogen-bond donors (Lipinski definition) is 0. The summed E-state index contributed by atoms with van der Waals surface area (Å²) >= 11 is 1.52. The molecule has 25 heavy (non-hydrogen) atoms. The first kappa shape index (κ1) is 18.1. The van der Waals surface area contributed by atoms with Crippen LogP contribution < -0.4 is 0 Å². The number of imidazole rings is 1. The molecule has 0 spiro atoms. The highest BCUT2D eigenvalue weighted by Gasteiger charge is 2.28.